The molecule has 110 valence electrons. The average molecular weight is 285 g/mol. The van der Waals surface area contributed by atoms with Gasteiger partial charge in [0.15, 0.2) is 11.6 Å². The highest BCUT2D eigenvalue weighted by Gasteiger charge is 2.25. The summed E-state index contributed by atoms with van der Waals surface area (Å²) in [5, 5.41) is 3.35. The highest BCUT2D eigenvalue weighted by Crippen LogP contribution is 2.27. The number of amides is 1. The van der Waals surface area contributed by atoms with E-state index in [2.05, 4.69) is 15.3 Å². The number of nitrogens with one attached hydrogen (secondary N) is 1. The molecule has 0 radical (unpaired) electrons. The zero-order chi connectivity index (χ0) is 14.8. The van der Waals surface area contributed by atoms with Gasteiger partial charge in [0.1, 0.15) is 0 Å². The van der Waals surface area contributed by atoms with Crippen molar-refractivity contribution >= 4 is 28.6 Å². The summed E-state index contributed by atoms with van der Waals surface area (Å²) < 4.78 is 0. The lowest BCUT2D eigenvalue weighted by Gasteiger charge is -2.27. The molecule has 5 N–H and O–H groups in total. The zero-order valence-corrected chi connectivity index (χ0v) is 11.7. The number of carbonyl (C=O) groups excluding carboxylic acids is 1. The van der Waals surface area contributed by atoms with E-state index >= 15 is 0 Å². The van der Waals surface area contributed by atoms with Gasteiger partial charge in [-0.1, -0.05) is 12.1 Å². The number of hydrogen-bond acceptors (Lipinski definition) is 5. The molecule has 1 fully saturated rings. The SMILES string of the molecule is NC(=O)C1CCC(Nc2nc3ccccc3nc2N)CC1. The van der Waals surface area contributed by atoms with Gasteiger partial charge in [0, 0.05) is 12.0 Å². The Morgan fingerprint density at radius 2 is 1.71 bits per heavy atom. The largest absolute Gasteiger partial charge is 0.381 e. The van der Waals surface area contributed by atoms with E-state index < -0.39 is 0 Å². The average Bonchev–Trinajstić information content (AvgIpc) is 2.48. The van der Waals surface area contributed by atoms with E-state index in [4.69, 9.17) is 11.5 Å². The molecule has 1 saturated carbocycles. The molecular formula is C15H19N5O. The van der Waals surface area contributed by atoms with Crippen molar-refractivity contribution in [2.45, 2.75) is 31.7 Å². The standard InChI is InChI=1S/C15H19N5O/c16-13-15(20-12-4-2-1-3-11(12)19-13)18-10-7-5-9(6-8-10)14(17)21/h1-4,9-10H,5-8H2,(H2,16,19)(H2,17,21)(H,18,20). The summed E-state index contributed by atoms with van der Waals surface area (Å²) in [6, 6.07) is 7.90. The van der Waals surface area contributed by atoms with Crippen LogP contribution in [-0.2, 0) is 4.79 Å². The van der Waals surface area contributed by atoms with Gasteiger partial charge in [-0.15, -0.1) is 0 Å². The van der Waals surface area contributed by atoms with Crippen LogP contribution in [0.3, 0.4) is 0 Å². The highest BCUT2D eigenvalue weighted by atomic mass is 16.1. The molecule has 0 bridgehead atoms. The predicted molar refractivity (Wildman–Crippen MR) is 82.5 cm³/mol. The van der Waals surface area contributed by atoms with Crippen LogP contribution in [0.2, 0.25) is 0 Å². The summed E-state index contributed by atoms with van der Waals surface area (Å²) in [4.78, 5) is 20.1. The molecule has 0 atom stereocenters. The molecule has 2 aromatic rings. The maximum atomic E-state index is 11.2. The van der Waals surface area contributed by atoms with Crippen LogP contribution < -0.4 is 16.8 Å². The minimum atomic E-state index is -0.196. The lowest BCUT2D eigenvalue weighted by molar-refractivity contribution is -0.122. The van der Waals surface area contributed by atoms with Gasteiger partial charge >= 0.3 is 0 Å². The van der Waals surface area contributed by atoms with E-state index in [1.807, 2.05) is 24.3 Å². The number of hydrogen-bond donors (Lipinski definition) is 3. The van der Waals surface area contributed by atoms with Crippen molar-refractivity contribution in [1.82, 2.24) is 9.97 Å². The van der Waals surface area contributed by atoms with Crippen LogP contribution in [0.4, 0.5) is 11.6 Å². The third-order valence-electron chi connectivity index (χ3n) is 4.07. The first-order chi connectivity index (χ1) is 10.1. The van der Waals surface area contributed by atoms with E-state index in [-0.39, 0.29) is 17.9 Å². The molecular weight excluding hydrogens is 266 g/mol. The van der Waals surface area contributed by atoms with Crippen molar-refractivity contribution in [2.75, 3.05) is 11.1 Å². The monoisotopic (exact) mass is 285 g/mol. The Balaban J connectivity index is 1.73. The van der Waals surface area contributed by atoms with Crippen LogP contribution in [0, 0.1) is 5.92 Å². The molecule has 0 spiro atoms. The number of nitrogens with zero attached hydrogens (tertiary/aromatic N) is 2. The topological polar surface area (TPSA) is 107 Å². The third kappa shape index (κ3) is 2.89. The van der Waals surface area contributed by atoms with Gasteiger partial charge in [-0.05, 0) is 37.8 Å². The van der Waals surface area contributed by atoms with Crippen molar-refractivity contribution in [3.05, 3.63) is 24.3 Å². The fraction of sp³-hybridized carbons (Fsp3) is 0.400. The second-order valence-corrected chi connectivity index (χ2v) is 5.54. The smallest absolute Gasteiger partial charge is 0.220 e. The number of anilines is 2. The van der Waals surface area contributed by atoms with Crippen LogP contribution in [0.15, 0.2) is 24.3 Å². The fourth-order valence-electron chi connectivity index (χ4n) is 2.84. The number of nitrogen functional groups attached to an aromatic ring is 1. The first kappa shape index (κ1) is 13.6. The third-order valence-corrected chi connectivity index (χ3v) is 4.07. The molecule has 1 aliphatic rings. The van der Waals surface area contributed by atoms with Crippen LogP contribution in [-0.4, -0.2) is 21.9 Å². The van der Waals surface area contributed by atoms with E-state index in [1.54, 1.807) is 0 Å². The molecule has 0 aliphatic heterocycles. The Hall–Kier alpha value is -2.37. The minimum Gasteiger partial charge on any atom is -0.381 e. The van der Waals surface area contributed by atoms with Gasteiger partial charge in [0.2, 0.25) is 5.91 Å². The van der Waals surface area contributed by atoms with Crippen molar-refractivity contribution < 1.29 is 4.79 Å². The molecule has 1 aliphatic carbocycles. The Kier molecular flexibility index (Phi) is 3.60. The normalized spacial score (nSPS) is 22.1. The molecule has 21 heavy (non-hydrogen) atoms. The lowest BCUT2D eigenvalue weighted by Crippen LogP contribution is -2.32. The molecule has 1 aromatic carbocycles. The number of benzene rings is 1. The molecule has 6 heteroatoms. The lowest BCUT2D eigenvalue weighted by atomic mass is 9.85. The Bertz CT molecular complexity index is 664. The summed E-state index contributed by atoms with van der Waals surface area (Å²) in [6.45, 7) is 0. The number of primary amides is 1. The second kappa shape index (κ2) is 5.55. The first-order valence-electron chi connectivity index (χ1n) is 7.21. The van der Waals surface area contributed by atoms with Gasteiger partial charge in [0.05, 0.1) is 11.0 Å². The van der Waals surface area contributed by atoms with Crippen molar-refractivity contribution in [3.8, 4) is 0 Å². The molecule has 0 saturated heterocycles. The maximum Gasteiger partial charge on any atom is 0.220 e. The molecule has 1 aromatic heterocycles. The number of aromatic nitrogens is 2. The van der Waals surface area contributed by atoms with Crippen LogP contribution in [0.1, 0.15) is 25.7 Å². The maximum absolute atomic E-state index is 11.2. The summed E-state index contributed by atoms with van der Waals surface area (Å²) in [5.41, 5.74) is 12.9. The Morgan fingerprint density at radius 1 is 1.10 bits per heavy atom. The van der Waals surface area contributed by atoms with Crippen LogP contribution in [0.5, 0.6) is 0 Å². The van der Waals surface area contributed by atoms with Crippen molar-refractivity contribution in [1.29, 1.82) is 0 Å². The highest BCUT2D eigenvalue weighted by molar-refractivity contribution is 5.79. The number of nitrogens with two attached hydrogens (primary N) is 2. The second-order valence-electron chi connectivity index (χ2n) is 5.54. The number of rotatable bonds is 3. The zero-order valence-electron chi connectivity index (χ0n) is 11.7. The first-order valence-corrected chi connectivity index (χ1v) is 7.21. The summed E-state index contributed by atoms with van der Waals surface area (Å²) >= 11 is 0. The quantitative estimate of drug-likeness (QED) is 0.795. The number of para-hydroxylation sites is 2. The Labute approximate surface area is 122 Å². The Morgan fingerprint density at radius 3 is 2.33 bits per heavy atom. The summed E-state index contributed by atoms with van der Waals surface area (Å²) in [6.07, 6.45) is 3.41. The van der Waals surface area contributed by atoms with Gasteiger partial charge in [-0.2, -0.15) is 0 Å². The number of carbonyl (C=O) groups is 1. The molecule has 0 unspecified atom stereocenters. The fourth-order valence-corrected chi connectivity index (χ4v) is 2.84. The summed E-state index contributed by atoms with van der Waals surface area (Å²) in [7, 11) is 0. The van der Waals surface area contributed by atoms with Crippen LogP contribution in [0.25, 0.3) is 11.0 Å². The van der Waals surface area contributed by atoms with Crippen molar-refractivity contribution in [2.24, 2.45) is 11.7 Å². The van der Waals surface area contributed by atoms with E-state index in [1.165, 1.54) is 0 Å². The predicted octanol–water partition coefficient (Wildman–Crippen LogP) is 1.67. The van der Waals surface area contributed by atoms with Gasteiger partial charge in [0.25, 0.3) is 0 Å². The molecule has 3 rings (SSSR count). The van der Waals surface area contributed by atoms with E-state index in [0.29, 0.717) is 11.6 Å². The number of fused-ring (bicyclic) bond motifs is 1. The van der Waals surface area contributed by atoms with Crippen molar-refractivity contribution in [3.63, 3.8) is 0 Å². The molecule has 1 heterocycles. The summed E-state index contributed by atoms with van der Waals surface area (Å²) in [5.74, 6) is 0.837. The minimum absolute atomic E-state index is 0.00286. The van der Waals surface area contributed by atoms with Crippen LogP contribution >= 0.6 is 0 Å². The van der Waals surface area contributed by atoms with E-state index in [9.17, 15) is 4.79 Å². The molecule has 1 amide bonds. The van der Waals surface area contributed by atoms with Gasteiger partial charge in [-0.3, -0.25) is 4.79 Å². The molecule has 6 nitrogen and oxygen atoms in total. The van der Waals surface area contributed by atoms with E-state index in [0.717, 1.165) is 36.7 Å². The van der Waals surface area contributed by atoms with Gasteiger partial charge < -0.3 is 16.8 Å². The van der Waals surface area contributed by atoms with Gasteiger partial charge in [-0.25, -0.2) is 9.97 Å².